The van der Waals surface area contributed by atoms with E-state index in [1.807, 2.05) is 6.07 Å². The Hall–Kier alpha value is -0.360. The lowest BCUT2D eigenvalue weighted by molar-refractivity contribution is 0.584. The van der Waals surface area contributed by atoms with E-state index >= 15 is 0 Å². The molecule has 0 radical (unpaired) electrons. The highest BCUT2D eigenvalue weighted by Gasteiger charge is 2.17. The van der Waals surface area contributed by atoms with Crippen molar-refractivity contribution in [3.8, 4) is 6.07 Å². The Kier molecular flexibility index (Phi) is 4.98. The third-order valence-electron chi connectivity index (χ3n) is 1.74. The highest BCUT2D eigenvalue weighted by molar-refractivity contribution is 14.1. The number of halogens is 2. The molecule has 0 aromatic heterocycles. The molecule has 1 rings (SSSR count). The Morgan fingerprint density at radius 2 is 2.19 bits per heavy atom. The maximum absolute atomic E-state index is 11.7. The van der Waals surface area contributed by atoms with Crippen LogP contribution in [-0.2, 0) is 10.0 Å². The van der Waals surface area contributed by atoms with E-state index in [9.17, 15) is 8.42 Å². The van der Waals surface area contributed by atoms with Gasteiger partial charge in [-0.2, -0.15) is 5.26 Å². The summed E-state index contributed by atoms with van der Waals surface area (Å²) in [6.45, 7) is 0.346. The minimum absolute atomic E-state index is 0.00184. The zero-order chi connectivity index (χ0) is 12.2. The Morgan fingerprint density at radius 3 is 2.69 bits per heavy atom. The first kappa shape index (κ1) is 13.7. The molecule has 0 spiro atoms. The predicted molar refractivity (Wildman–Crippen MR) is 70.2 cm³/mol. The van der Waals surface area contributed by atoms with Gasteiger partial charge in [0.2, 0.25) is 10.0 Å². The summed E-state index contributed by atoms with van der Waals surface area (Å²) in [4.78, 5) is -0.00184. The average molecular weight is 371 g/mol. The summed E-state index contributed by atoms with van der Waals surface area (Å²) in [7, 11) is -3.57. The van der Waals surface area contributed by atoms with E-state index in [1.165, 1.54) is 18.2 Å². The number of alkyl halides is 1. The second-order valence-corrected chi connectivity index (χ2v) is 6.07. The largest absolute Gasteiger partial charge is 0.242 e. The molecular formula is C9H8ClIN2O2S. The summed E-state index contributed by atoms with van der Waals surface area (Å²) in [6.07, 6.45) is 0. The fraction of sp³-hybridized carbons (Fsp3) is 0.222. The number of nitrogens with zero attached hydrogens (tertiary/aromatic N) is 1. The molecule has 0 aliphatic carbocycles. The normalized spacial score (nSPS) is 11.1. The van der Waals surface area contributed by atoms with Gasteiger partial charge in [-0.15, -0.1) is 0 Å². The first-order valence-corrected chi connectivity index (χ1v) is 7.65. The number of benzene rings is 1. The van der Waals surface area contributed by atoms with E-state index in [2.05, 4.69) is 27.3 Å². The molecule has 1 aromatic carbocycles. The van der Waals surface area contributed by atoms with Gasteiger partial charge < -0.3 is 0 Å². The van der Waals surface area contributed by atoms with Crippen molar-refractivity contribution in [2.45, 2.75) is 4.90 Å². The average Bonchev–Trinajstić information content (AvgIpc) is 2.25. The molecule has 1 aromatic rings. The Morgan fingerprint density at radius 1 is 1.50 bits per heavy atom. The van der Waals surface area contributed by atoms with Gasteiger partial charge in [0.1, 0.15) is 4.90 Å². The lowest BCUT2D eigenvalue weighted by Crippen LogP contribution is -2.25. The van der Waals surface area contributed by atoms with Gasteiger partial charge in [-0.05, 0) is 18.2 Å². The molecule has 0 aliphatic heterocycles. The van der Waals surface area contributed by atoms with Gasteiger partial charge in [0.05, 0.1) is 16.7 Å². The zero-order valence-electron chi connectivity index (χ0n) is 8.07. The van der Waals surface area contributed by atoms with Gasteiger partial charge in [0, 0.05) is 11.0 Å². The number of rotatable bonds is 4. The monoisotopic (exact) mass is 370 g/mol. The quantitative estimate of drug-likeness (QED) is 0.650. The Bertz CT molecular complexity index is 525. The summed E-state index contributed by atoms with van der Waals surface area (Å²) in [6, 6.07) is 5.97. The molecule has 0 aliphatic rings. The fourth-order valence-corrected chi connectivity index (χ4v) is 3.25. The molecule has 16 heavy (non-hydrogen) atoms. The number of hydrogen-bond acceptors (Lipinski definition) is 3. The van der Waals surface area contributed by atoms with Crippen LogP contribution in [0.4, 0.5) is 0 Å². The van der Waals surface area contributed by atoms with Crippen LogP contribution in [0.1, 0.15) is 5.56 Å². The third kappa shape index (κ3) is 3.31. The Balaban J connectivity index is 3.10. The van der Waals surface area contributed by atoms with Crippen LogP contribution in [0.15, 0.2) is 23.1 Å². The minimum atomic E-state index is -3.57. The maximum Gasteiger partial charge on any atom is 0.242 e. The molecule has 0 saturated heterocycles. The second kappa shape index (κ2) is 5.82. The van der Waals surface area contributed by atoms with Crippen LogP contribution < -0.4 is 4.72 Å². The van der Waals surface area contributed by atoms with Gasteiger partial charge in [-0.1, -0.05) is 34.2 Å². The number of nitriles is 1. The van der Waals surface area contributed by atoms with Gasteiger partial charge >= 0.3 is 0 Å². The van der Waals surface area contributed by atoms with Crippen LogP contribution >= 0.6 is 34.2 Å². The highest BCUT2D eigenvalue weighted by atomic mass is 127. The molecule has 0 amide bonds. The molecule has 0 heterocycles. The standard InChI is InChI=1S/C9H8ClIN2O2S/c10-8-5-7(6-12)1-2-9(8)16(14,15)13-4-3-11/h1-2,5,13H,3-4H2. The van der Waals surface area contributed by atoms with Crippen LogP contribution in [0.5, 0.6) is 0 Å². The van der Waals surface area contributed by atoms with Gasteiger partial charge in [-0.3, -0.25) is 0 Å². The molecular weight excluding hydrogens is 363 g/mol. The van der Waals surface area contributed by atoms with Crippen molar-refractivity contribution in [3.63, 3.8) is 0 Å². The van der Waals surface area contributed by atoms with Crippen LogP contribution in [0, 0.1) is 11.3 Å². The molecule has 0 saturated carbocycles. The first-order chi connectivity index (χ1) is 7.51. The number of nitrogens with one attached hydrogen (secondary N) is 1. The van der Waals surface area contributed by atoms with Crippen molar-refractivity contribution < 1.29 is 8.42 Å². The molecule has 4 nitrogen and oxygen atoms in total. The van der Waals surface area contributed by atoms with E-state index in [0.29, 0.717) is 16.5 Å². The van der Waals surface area contributed by atoms with E-state index in [0.717, 1.165) is 0 Å². The summed E-state index contributed by atoms with van der Waals surface area (Å²) >= 11 is 7.86. The van der Waals surface area contributed by atoms with E-state index < -0.39 is 10.0 Å². The highest BCUT2D eigenvalue weighted by Crippen LogP contribution is 2.22. The topological polar surface area (TPSA) is 70.0 Å². The summed E-state index contributed by atoms with van der Waals surface area (Å²) in [5.41, 5.74) is 0.331. The van der Waals surface area contributed by atoms with Crippen molar-refractivity contribution in [2.24, 2.45) is 0 Å². The van der Waals surface area contributed by atoms with Crippen molar-refractivity contribution >= 4 is 44.2 Å². The maximum atomic E-state index is 11.7. The SMILES string of the molecule is N#Cc1ccc(S(=O)(=O)NCCI)c(Cl)c1. The van der Waals surface area contributed by atoms with Crippen molar-refractivity contribution in [1.29, 1.82) is 5.26 Å². The molecule has 0 fully saturated rings. The lowest BCUT2D eigenvalue weighted by atomic mass is 10.2. The summed E-state index contributed by atoms with van der Waals surface area (Å²) < 4.78 is 26.5. The molecule has 1 N–H and O–H groups in total. The summed E-state index contributed by atoms with van der Waals surface area (Å²) in [5, 5.41) is 8.68. The molecule has 0 bridgehead atoms. The smallest absolute Gasteiger partial charge is 0.210 e. The van der Waals surface area contributed by atoms with Gasteiger partial charge in [0.25, 0.3) is 0 Å². The van der Waals surface area contributed by atoms with Crippen LogP contribution in [0.25, 0.3) is 0 Å². The van der Waals surface area contributed by atoms with Crippen LogP contribution in [-0.4, -0.2) is 19.4 Å². The molecule has 7 heteroatoms. The number of sulfonamides is 1. The predicted octanol–water partition coefficient (Wildman–Crippen LogP) is 1.92. The Labute approximate surface area is 113 Å². The first-order valence-electron chi connectivity index (χ1n) is 4.26. The zero-order valence-corrected chi connectivity index (χ0v) is 11.8. The number of hydrogen-bond donors (Lipinski definition) is 1. The molecule has 0 atom stereocenters. The van der Waals surface area contributed by atoms with Crippen molar-refractivity contribution in [1.82, 2.24) is 4.72 Å². The van der Waals surface area contributed by atoms with E-state index in [4.69, 9.17) is 16.9 Å². The van der Waals surface area contributed by atoms with E-state index in [1.54, 1.807) is 0 Å². The summed E-state index contributed by atoms with van der Waals surface area (Å²) in [5.74, 6) is 0. The minimum Gasteiger partial charge on any atom is -0.210 e. The fourth-order valence-electron chi connectivity index (χ4n) is 1.04. The molecule has 0 unspecified atom stereocenters. The van der Waals surface area contributed by atoms with Crippen molar-refractivity contribution in [3.05, 3.63) is 28.8 Å². The van der Waals surface area contributed by atoms with E-state index in [-0.39, 0.29) is 9.92 Å². The van der Waals surface area contributed by atoms with Crippen LogP contribution in [0.2, 0.25) is 5.02 Å². The van der Waals surface area contributed by atoms with Crippen LogP contribution in [0.3, 0.4) is 0 Å². The molecule has 86 valence electrons. The van der Waals surface area contributed by atoms with Gasteiger partial charge in [-0.25, -0.2) is 13.1 Å². The lowest BCUT2D eigenvalue weighted by Gasteiger charge is -2.06. The third-order valence-corrected chi connectivity index (χ3v) is 4.22. The van der Waals surface area contributed by atoms with Gasteiger partial charge in [0.15, 0.2) is 0 Å². The van der Waals surface area contributed by atoms with Crippen molar-refractivity contribution in [2.75, 3.05) is 11.0 Å². The second-order valence-electron chi connectivity index (χ2n) is 2.84.